The van der Waals surface area contributed by atoms with Crippen LogP contribution in [0.15, 0.2) is 42.7 Å². The van der Waals surface area contributed by atoms with Crippen LogP contribution in [0.4, 0.5) is 25.8 Å². The second-order valence-electron chi connectivity index (χ2n) is 3.71. The van der Waals surface area contributed by atoms with Crippen molar-refractivity contribution in [2.24, 2.45) is 0 Å². The average Bonchev–Trinajstić information content (AvgIpc) is 2.41. The number of ether oxygens (including phenoxy) is 1. The molecular weight excluding hydrogens is 252 g/mol. The van der Waals surface area contributed by atoms with Crippen molar-refractivity contribution in [3.05, 3.63) is 42.7 Å². The summed E-state index contributed by atoms with van der Waals surface area (Å²) < 4.78 is 29.0. The predicted molar refractivity (Wildman–Crippen MR) is 70.1 cm³/mol. The molecular formula is C13H13F2N3O. The molecule has 0 fully saturated rings. The van der Waals surface area contributed by atoms with Crippen LogP contribution in [0, 0.1) is 0 Å². The van der Waals surface area contributed by atoms with Gasteiger partial charge in [0, 0.05) is 7.05 Å². The Morgan fingerprint density at radius 2 is 1.89 bits per heavy atom. The minimum absolute atomic E-state index is 0.0901. The first kappa shape index (κ1) is 13.1. The van der Waals surface area contributed by atoms with Crippen LogP contribution in [0.1, 0.15) is 0 Å². The second-order valence-corrected chi connectivity index (χ2v) is 3.71. The van der Waals surface area contributed by atoms with Crippen molar-refractivity contribution < 1.29 is 13.5 Å². The van der Waals surface area contributed by atoms with E-state index in [0.29, 0.717) is 11.4 Å². The number of aromatic nitrogens is 1. The fourth-order valence-electron chi connectivity index (χ4n) is 1.57. The summed E-state index contributed by atoms with van der Waals surface area (Å²) in [4.78, 5) is 4.03. The molecule has 0 aliphatic carbocycles. The van der Waals surface area contributed by atoms with Crippen LogP contribution in [0.25, 0.3) is 0 Å². The van der Waals surface area contributed by atoms with Gasteiger partial charge in [0.2, 0.25) is 0 Å². The number of benzene rings is 1. The molecule has 0 spiro atoms. The maximum absolute atomic E-state index is 12.3. The molecule has 0 aliphatic rings. The van der Waals surface area contributed by atoms with Gasteiger partial charge >= 0.3 is 6.61 Å². The Hall–Kier alpha value is -2.37. The SMILES string of the molecule is CNc1cncc(Nc2ccccc2OC(F)F)c1. The van der Waals surface area contributed by atoms with Gasteiger partial charge in [0.1, 0.15) is 5.75 Å². The molecule has 1 heterocycles. The molecule has 0 bridgehead atoms. The Labute approximate surface area is 109 Å². The highest BCUT2D eigenvalue weighted by atomic mass is 19.3. The van der Waals surface area contributed by atoms with Gasteiger partial charge in [-0.2, -0.15) is 8.78 Å². The van der Waals surface area contributed by atoms with Crippen molar-refractivity contribution >= 4 is 17.1 Å². The molecule has 0 radical (unpaired) electrons. The van der Waals surface area contributed by atoms with Crippen molar-refractivity contribution in [3.63, 3.8) is 0 Å². The minimum Gasteiger partial charge on any atom is -0.433 e. The third kappa shape index (κ3) is 3.54. The molecule has 0 saturated carbocycles. The van der Waals surface area contributed by atoms with Gasteiger partial charge in [-0.25, -0.2) is 0 Å². The molecule has 0 saturated heterocycles. The Bertz CT molecular complexity index is 549. The zero-order valence-corrected chi connectivity index (χ0v) is 10.2. The van der Waals surface area contributed by atoms with Crippen molar-refractivity contribution in [1.82, 2.24) is 4.98 Å². The van der Waals surface area contributed by atoms with E-state index in [2.05, 4.69) is 20.4 Å². The molecule has 100 valence electrons. The number of rotatable bonds is 5. The van der Waals surface area contributed by atoms with Crippen LogP contribution < -0.4 is 15.4 Å². The van der Waals surface area contributed by atoms with E-state index in [1.807, 2.05) is 6.07 Å². The first-order chi connectivity index (χ1) is 9.19. The summed E-state index contributed by atoms with van der Waals surface area (Å²) in [5, 5.41) is 5.94. The molecule has 19 heavy (non-hydrogen) atoms. The number of pyridine rings is 1. The lowest BCUT2D eigenvalue weighted by Crippen LogP contribution is -2.04. The quantitative estimate of drug-likeness (QED) is 0.869. The molecule has 2 aromatic rings. The standard InChI is InChI=1S/C13H13F2N3O/c1-16-9-6-10(8-17-7-9)18-11-4-2-3-5-12(11)19-13(14)15/h2-8,13,16,18H,1H3. The lowest BCUT2D eigenvalue weighted by molar-refractivity contribution is -0.0493. The summed E-state index contributed by atoms with van der Waals surface area (Å²) >= 11 is 0. The monoisotopic (exact) mass is 265 g/mol. The highest BCUT2D eigenvalue weighted by Crippen LogP contribution is 2.29. The molecule has 0 aliphatic heterocycles. The topological polar surface area (TPSA) is 46.2 Å². The number of nitrogens with zero attached hydrogens (tertiary/aromatic N) is 1. The lowest BCUT2D eigenvalue weighted by atomic mass is 10.2. The van der Waals surface area contributed by atoms with Crippen LogP contribution in [0.5, 0.6) is 5.75 Å². The van der Waals surface area contributed by atoms with Crippen molar-refractivity contribution in [2.75, 3.05) is 17.7 Å². The molecule has 0 atom stereocenters. The maximum atomic E-state index is 12.3. The third-order valence-corrected chi connectivity index (χ3v) is 2.41. The molecule has 2 rings (SSSR count). The van der Waals surface area contributed by atoms with Crippen molar-refractivity contribution in [2.45, 2.75) is 6.61 Å². The number of anilines is 3. The van der Waals surface area contributed by atoms with Crippen LogP contribution in [0.2, 0.25) is 0 Å². The normalized spacial score (nSPS) is 10.3. The van der Waals surface area contributed by atoms with Crippen LogP contribution in [-0.2, 0) is 0 Å². The van der Waals surface area contributed by atoms with Gasteiger partial charge < -0.3 is 15.4 Å². The van der Waals surface area contributed by atoms with E-state index in [0.717, 1.165) is 5.69 Å². The largest absolute Gasteiger partial charge is 0.433 e. The zero-order valence-electron chi connectivity index (χ0n) is 10.2. The fourth-order valence-corrected chi connectivity index (χ4v) is 1.57. The van der Waals surface area contributed by atoms with Gasteiger partial charge in [-0.3, -0.25) is 4.98 Å². The van der Waals surface area contributed by atoms with Crippen LogP contribution in [-0.4, -0.2) is 18.6 Å². The highest BCUT2D eigenvalue weighted by Gasteiger charge is 2.09. The van der Waals surface area contributed by atoms with Gasteiger partial charge in [-0.15, -0.1) is 0 Å². The highest BCUT2D eigenvalue weighted by molar-refractivity contribution is 5.67. The summed E-state index contributed by atoms with van der Waals surface area (Å²) in [6.07, 6.45) is 3.26. The Balaban J connectivity index is 2.22. The van der Waals surface area contributed by atoms with Crippen molar-refractivity contribution in [1.29, 1.82) is 0 Å². The Kier molecular flexibility index (Phi) is 4.12. The summed E-state index contributed by atoms with van der Waals surface area (Å²) in [6.45, 7) is -2.86. The van der Waals surface area contributed by atoms with Crippen LogP contribution in [0.3, 0.4) is 0 Å². The summed E-state index contributed by atoms with van der Waals surface area (Å²) in [5.74, 6) is 0.0901. The minimum atomic E-state index is -2.86. The summed E-state index contributed by atoms with van der Waals surface area (Å²) in [7, 11) is 1.77. The predicted octanol–water partition coefficient (Wildman–Crippen LogP) is 3.47. The van der Waals surface area contributed by atoms with E-state index in [1.165, 1.54) is 6.07 Å². The molecule has 4 nitrogen and oxygen atoms in total. The molecule has 6 heteroatoms. The number of alkyl halides is 2. The van der Waals surface area contributed by atoms with Gasteiger partial charge in [-0.05, 0) is 18.2 Å². The smallest absolute Gasteiger partial charge is 0.387 e. The average molecular weight is 265 g/mol. The van der Waals surface area contributed by atoms with Gasteiger partial charge in [-0.1, -0.05) is 12.1 Å². The number of nitrogens with one attached hydrogen (secondary N) is 2. The van der Waals surface area contributed by atoms with Gasteiger partial charge in [0.05, 0.1) is 29.5 Å². The molecule has 1 aromatic heterocycles. The Morgan fingerprint density at radius 3 is 2.63 bits per heavy atom. The van der Waals surface area contributed by atoms with E-state index in [-0.39, 0.29) is 5.75 Å². The molecule has 0 unspecified atom stereocenters. The Morgan fingerprint density at radius 1 is 1.16 bits per heavy atom. The van der Waals surface area contributed by atoms with Crippen molar-refractivity contribution in [3.8, 4) is 5.75 Å². The summed E-state index contributed by atoms with van der Waals surface area (Å²) in [6, 6.07) is 8.31. The van der Waals surface area contributed by atoms with Gasteiger partial charge in [0.25, 0.3) is 0 Å². The molecule has 2 N–H and O–H groups in total. The number of hydrogen-bond donors (Lipinski definition) is 2. The number of halogens is 2. The van der Waals surface area contributed by atoms with E-state index in [9.17, 15) is 8.78 Å². The first-order valence-corrected chi connectivity index (χ1v) is 5.62. The van der Waals surface area contributed by atoms with E-state index in [1.54, 1.807) is 37.6 Å². The second kappa shape index (κ2) is 5.99. The van der Waals surface area contributed by atoms with Gasteiger partial charge in [0.15, 0.2) is 0 Å². The lowest BCUT2D eigenvalue weighted by Gasteiger charge is -2.12. The molecule has 0 amide bonds. The summed E-state index contributed by atoms with van der Waals surface area (Å²) in [5.41, 5.74) is 1.95. The fraction of sp³-hybridized carbons (Fsp3) is 0.154. The van der Waals surface area contributed by atoms with Crippen LogP contribution >= 0.6 is 0 Å². The maximum Gasteiger partial charge on any atom is 0.387 e. The van der Waals surface area contributed by atoms with E-state index >= 15 is 0 Å². The number of hydrogen-bond acceptors (Lipinski definition) is 4. The van der Waals surface area contributed by atoms with E-state index in [4.69, 9.17) is 0 Å². The number of para-hydroxylation sites is 2. The molecule has 1 aromatic carbocycles. The zero-order chi connectivity index (χ0) is 13.7. The third-order valence-electron chi connectivity index (χ3n) is 2.41. The first-order valence-electron chi connectivity index (χ1n) is 5.62. The van der Waals surface area contributed by atoms with E-state index < -0.39 is 6.61 Å².